The molecule has 2 heterocycles. The lowest BCUT2D eigenvalue weighted by Gasteiger charge is -1.85. The highest BCUT2D eigenvalue weighted by Gasteiger charge is 2.27. The first kappa shape index (κ1) is 8.05. The van der Waals surface area contributed by atoms with Gasteiger partial charge in [0.05, 0.1) is 0 Å². The SMILES string of the molecule is Clc1ccc(-c2n[nH]c(C3CC3)n2)o1. The summed E-state index contributed by atoms with van der Waals surface area (Å²) in [5, 5.41) is 7.34. The predicted molar refractivity (Wildman–Crippen MR) is 51.1 cm³/mol. The molecule has 1 saturated carbocycles. The van der Waals surface area contributed by atoms with Crippen molar-refractivity contribution in [2.75, 3.05) is 0 Å². The third-order valence-corrected chi connectivity index (χ3v) is 2.46. The lowest BCUT2D eigenvalue weighted by atomic mass is 10.4. The van der Waals surface area contributed by atoms with Crippen LogP contribution in [-0.4, -0.2) is 15.2 Å². The van der Waals surface area contributed by atoms with Crippen LogP contribution in [0.2, 0.25) is 5.22 Å². The number of nitrogens with one attached hydrogen (secondary N) is 1. The first-order valence-corrected chi connectivity index (χ1v) is 4.89. The standard InChI is InChI=1S/C9H8ClN3O/c10-7-4-3-6(14-7)9-11-8(12-13-9)5-1-2-5/h3-5H,1-2H2,(H,11,12,13). The topological polar surface area (TPSA) is 54.7 Å². The number of H-pyrrole nitrogens is 1. The van der Waals surface area contributed by atoms with Gasteiger partial charge in [0, 0.05) is 5.92 Å². The second-order valence-corrected chi connectivity index (χ2v) is 3.79. The molecule has 1 fully saturated rings. The molecule has 0 bridgehead atoms. The third-order valence-electron chi connectivity index (χ3n) is 2.26. The van der Waals surface area contributed by atoms with Crippen molar-refractivity contribution in [3.8, 4) is 11.6 Å². The maximum Gasteiger partial charge on any atom is 0.217 e. The Labute approximate surface area is 85.3 Å². The Hall–Kier alpha value is -1.29. The Bertz CT molecular complexity index is 458. The lowest BCUT2D eigenvalue weighted by molar-refractivity contribution is 0.579. The van der Waals surface area contributed by atoms with E-state index in [-0.39, 0.29) is 0 Å². The number of rotatable bonds is 2. The molecule has 0 saturated heterocycles. The summed E-state index contributed by atoms with van der Waals surface area (Å²) in [5.74, 6) is 2.71. The van der Waals surface area contributed by atoms with Gasteiger partial charge < -0.3 is 4.42 Å². The normalized spacial score (nSPS) is 16.1. The van der Waals surface area contributed by atoms with E-state index in [4.69, 9.17) is 16.0 Å². The van der Waals surface area contributed by atoms with E-state index in [0.29, 0.717) is 22.7 Å². The average Bonchev–Trinajstić information content (AvgIpc) is 2.76. The summed E-state index contributed by atoms with van der Waals surface area (Å²) in [6.07, 6.45) is 2.40. The minimum atomic E-state index is 0.359. The monoisotopic (exact) mass is 209 g/mol. The Morgan fingerprint density at radius 1 is 1.43 bits per heavy atom. The molecular formula is C9H8ClN3O. The number of halogens is 1. The number of hydrogen-bond acceptors (Lipinski definition) is 3. The zero-order valence-electron chi connectivity index (χ0n) is 7.33. The largest absolute Gasteiger partial charge is 0.441 e. The van der Waals surface area contributed by atoms with Gasteiger partial charge in [-0.3, -0.25) is 5.10 Å². The molecule has 0 amide bonds. The van der Waals surface area contributed by atoms with Crippen LogP contribution in [0.3, 0.4) is 0 Å². The zero-order chi connectivity index (χ0) is 9.54. The fourth-order valence-electron chi connectivity index (χ4n) is 1.36. The minimum Gasteiger partial charge on any atom is -0.441 e. The molecule has 0 aliphatic heterocycles. The molecule has 2 aromatic heterocycles. The molecule has 14 heavy (non-hydrogen) atoms. The van der Waals surface area contributed by atoms with Crippen LogP contribution >= 0.6 is 11.6 Å². The number of hydrogen-bond donors (Lipinski definition) is 1. The maximum absolute atomic E-state index is 5.66. The molecule has 0 spiro atoms. The molecule has 1 aliphatic carbocycles. The quantitative estimate of drug-likeness (QED) is 0.827. The van der Waals surface area contributed by atoms with E-state index in [1.807, 2.05) is 0 Å². The van der Waals surface area contributed by atoms with E-state index in [0.717, 1.165) is 5.82 Å². The van der Waals surface area contributed by atoms with Crippen molar-refractivity contribution in [3.05, 3.63) is 23.2 Å². The summed E-state index contributed by atoms with van der Waals surface area (Å²) >= 11 is 5.66. The summed E-state index contributed by atoms with van der Waals surface area (Å²) in [7, 11) is 0. The summed E-state index contributed by atoms with van der Waals surface area (Å²) in [6.45, 7) is 0. The first-order valence-electron chi connectivity index (χ1n) is 4.51. The summed E-state index contributed by atoms with van der Waals surface area (Å²) in [4.78, 5) is 4.34. The smallest absolute Gasteiger partial charge is 0.217 e. The van der Waals surface area contributed by atoms with Gasteiger partial charge in [0.25, 0.3) is 0 Å². The second kappa shape index (κ2) is 2.85. The Kier molecular flexibility index (Phi) is 1.64. The molecule has 0 radical (unpaired) electrons. The molecule has 3 rings (SSSR count). The van der Waals surface area contributed by atoms with Crippen LogP contribution in [0, 0.1) is 0 Å². The molecule has 0 aromatic carbocycles. The van der Waals surface area contributed by atoms with Crippen LogP contribution in [0.4, 0.5) is 0 Å². The van der Waals surface area contributed by atoms with Crippen LogP contribution in [0.5, 0.6) is 0 Å². The van der Waals surface area contributed by atoms with E-state index < -0.39 is 0 Å². The maximum atomic E-state index is 5.66. The van der Waals surface area contributed by atoms with Crippen molar-refractivity contribution >= 4 is 11.6 Å². The van der Waals surface area contributed by atoms with Gasteiger partial charge in [-0.05, 0) is 36.6 Å². The van der Waals surface area contributed by atoms with Gasteiger partial charge in [0.15, 0.2) is 11.0 Å². The van der Waals surface area contributed by atoms with Crippen LogP contribution in [0.25, 0.3) is 11.6 Å². The summed E-state index contributed by atoms with van der Waals surface area (Å²) in [6, 6.07) is 3.45. The Morgan fingerprint density at radius 3 is 2.93 bits per heavy atom. The lowest BCUT2D eigenvalue weighted by Crippen LogP contribution is -1.80. The molecule has 4 nitrogen and oxygen atoms in total. The van der Waals surface area contributed by atoms with Crippen LogP contribution in [-0.2, 0) is 0 Å². The highest BCUT2D eigenvalue weighted by molar-refractivity contribution is 6.28. The van der Waals surface area contributed by atoms with Crippen molar-refractivity contribution in [1.29, 1.82) is 0 Å². The van der Waals surface area contributed by atoms with Crippen LogP contribution in [0.15, 0.2) is 16.5 Å². The fraction of sp³-hybridized carbons (Fsp3) is 0.333. The van der Waals surface area contributed by atoms with Gasteiger partial charge in [-0.2, -0.15) is 5.10 Å². The molecule has 72 valence electrons. The first-order chi connectivity index (χ1) is 6.83. The van der Waals surface area contributed by atoms with Gasteiger partial charge >= 0.3 is 0 Å². The minimum absolute atomic E-state index is 0.359. The molecule has 1 N–H and O–H groups in total. The molecule has 2 aromatic rings. The van der Waals surface area contributed by atoms with Crippen molar-refractivity contribution in [2.24, 2.45) is 0 Å². The average molecular weight is 210 g/mol. The van der Waals surface area contributed by atoms with Crippen LogP contribution in [0.1, 0.15) is 24.6 Å². The van der Waals surface area contributed by atoms with Crippen molar-refractivity contribution in [1.82, 2.24) is 15.2 Å². The fourth-order valence-corrected chi connectivity index (χ4v) is 1.50. The zero-order valence-corrected chi connectivity index (χ0v) is 8.08. The molecule has 0 unspecified atom stereocenters. The summed E-state index contributed by atoms with van der Waals surface area (Å²) in [5.41, 5.74) is 0. The van der Waals surface area contributed by atoms with E-state index in [1.165, 1.54) is 12.8 Å². The molecule has 0 atom stereocenters. The van der Waals surface area contributed by atoms with Gasteiger partial charge in [-0.15, -0.1) is 0 Å². The second-order valence-electron chi connectivity index (χ2n) is 3.42. The molecule has 5 heteroatoms. The molecule has 1 aliphatic rings. The van der Waals surface area contributed by atoms with Gasteiger partial charge in [0.1, 0.15) is 5.82 Å². The van der Waals surface area contributed by atoms with E-state index in [2.05, 4.69) is 15.2 Å². The number of aromatic amines is 1. The van der Waals surface area contributed by atoms with Gasteiger partial charge in [-0.1, -0.05) is 0 Å². The number of nitrogens with zero attached hydrogens (tertiary/aromatic N) is 2. The van der Waals surface area contributed by atoms with Crippen molar-refractivity contribution in [3.63, 3.8) is 0 Å². The van der Waals surface area contributed by atoms with E-state index in [1.54, 1.807) is 12.1 Å². The predicted octanol–water partition coefficient (Wildman–Crippen LogP) is 2.60. The van der Waals surface area contributed by atoms with Gasteiger partial charge in [0.2, 0.25) is 5.82 Å². The Morgan fingerprint density at radius 2 is 2.29 bits per heavy atom. The third kappa shape index (κ3) is 1.32. The van der Waals surface area contributed by atoms with Crippen molar-refractivity contribution < 1.29 is 4.42 Å². The van der Waals surface area contributed by atoms with Gasteiger partial charge in [-0.25, -0.2) is 4.98 Å². The van der Waals surface area contributed by atoms with E-state index >= 15 is 0 Å². The highest BCUT2D eigenvalue weighted by atomic mass is 35.5. The van der Waals surface area contributed by atoms with Crippen LogP contribution < -0.4 is 0 Å². The van der Waals surface area contributed by atoms with E-state index in [9.17, 15) is 0 Å². The van der Waals surface area contributed by atoms with Crippen molar-refractivity contribution in [2.45, 2.75) is 18.8 Å². The number of aromatic nitrogens is 3. The Balaban J connectivity index is 1.95. The molecular weight excluding hydrogens is 202 g/mol. The highest BCUT2D eigenvalue weighted by Crippen LogP contribution is 2.38. The number of furan rings is 1. The summed E-state index contributed by atoms with van der Waals surface area (Å²) < 4.78 is 5.20.